The monoisotopic (exact) mass is 492 g/mol. The van der Waals surface area contributed by atoms with Gasteiger partial charge in [0.2, 0.25) is 6.29 Å². The van der Waals surface area contributed by atoms with Crippen LogP contribution < -0.4 is 11.5 Å². The lowest BCUT2D eigenvalue weighted by Crippen LogP contribution is -2.32. The van der Waals surface area contributed by atoms with Crippen molar-refractivity contribution in [1.82, 2.24) is 0 Å². The first-order chi connectivity index (χ1) is 15.8. The molecular weight excluding hydrogens is 470 g/mol. The van der Waals surface area contributed by atoms with Crippen LogP contribution >= 0.6 is 0 Å². The Bertz CT molecular complexity index is 971. The Hall–Kier alpha value is -3.12. The molecule has 0 unspecified atom stereocenters. The van der Waals surface area contributed by atoms with Crippen LogP contribution in [0.5, 0.6) is 0 Å². The molecule has 0 amide bonds. The van der Waals surface area contributed by atoms with E-state index in [0.717, 1.165) is 0 Å². The number of carbonyl (C=O) groups is 2. The lowest BCUT2D eigenvalue weighted by Gasteiger charge is -2.18. The van der Waals surface area contributed by atoms with Crippen LogP contribution in [0.1, 0.15) is 30.9 Å². The first-order valence-electron chi connectivity index (χ1n) is 10.0. The van der Waals surface area contributed by atoms with E-state index in [9.17, 15) is 35.9 Å². The number of ether oxygens (including phenoxy) is 2. The van der Waals surface area contributed by atoms with Gasteiger partial charge in [0, 0.05) is 31.1 Å². The first-order valence-corrected chi connectivity index (χ1v) is 10.0. The molecule has 6 nitrogen and oxygen atoms in total. The summed E-state index contributed by atoms with van der Waals surface area (Å²) >= 11 is 0. The van der Waals surface area contributed by atoms with Crippen LogP contribution in [0.3, 0.4) is 0 Å². The van der Waals surface area contributed by atoms with Gasteiger partial charge < -0.3 is 20.9 Å². The van der Waals surface area contributed by atoms with Gasteiger partial charge in [-0.05, 0) is 36.1 Å². The minimum Gasteiger partial charge on any atom is -0.425 e. The molecule has 2 aromatic carbocycles. The molecule has 0 spiro atoms. The molecule has 0 fully saturated rings. The Kier molecular flexibility index (Phi) is 9.45. The fraction of sp³-hybridized carbons (Fsp3) is 0.364. The Morgan fingerprint density at radius 3 is 1.35 bits per heavy atom. The van der Waals surface area contributed by atoms with Crippen molar-refractivity contribution in [3.63, 3.8) is 0 Å². The van der Waals surface area contributed by atoms with Crippen LogP contribution in [0.25, 0.3) is 0 Å². The predicted octanol–water partition coefficient (Wildman–Crippen LogP) is 3.17. The van der Waals surface area contributed by atoms with Gasteiger partial charge in [0.15, 0.2) is 23.3 Å². The first kappa shape index (κ1) is 27.1. The summed E-state index contributed by atoms with van der Waals surface area (Å²) in [5.74, 6) is -9.13. The molecule has 2 rings (SSSR count). The summed E-state index contributed by atoms with van der Waals surface area (Å²) in [6.45, 7) is 1.22. The van der Waals surface area contributed by atoms with Crippen LogP contribution in [0.2, 0.25) is 0 Å². The van der Waals surface area contributed by atoms with Gasteiger partial charge in [0.25, 0.3) is 0 Å². The van der Waals surface area contributed by atoms with E-state index in [0.29, 0.717) is 24.3 Å². The van der Waals surface area contributed by atoms with E-state index < -0.39 is 78.1 Å². The number of nitrogens with two attached hydrogens (primary N) is 2. The summed E-state index contributed by atoms with van der Waals surface area (Å²) in [4.78, 5) is 23.9. The Balaban J connectivity index is 1.79. The minimum atomic E-state index is -1.36. The van der Waals surface area contributed by atoms with Gasteiger partial charge in [-0.3, -0.25) is 9.59 Å². The summed E-state index contributed by atoms with van der Waals surface area (Å²) in [6, 6.07) is -0.0135. The number of esters is 2. The second-order valence-corrected chi connectivity index (χ2v) is 7.60. The zero-order valence-electron chi connectivity index (χ0n) is 17.9. The van der Waals surface area contributed by atoms with E-state index in [1.807, 2.05) is 0 Å². The van der Waals surface area contributed by atoms with Crippen molar-refractivity contribution >= 4 is 11.9 Å². The smallest absolute Gasteiger partial charge is 0.310 e. The van der Waals surface area contributed by atoms with Gasteiger partial charge in [-0.2, -0.15) is 0 Å². The average molecular weight is 492 g/mol. The zero-order valence-corrected chi connectivity index (χ0v) is 17.9. The molecule has 2 aromatic rings. The summed E-state index contributed by atoms with van der Waals surface area (Å²) in [5.41, 5.74) is 11.0. The van der Waals surface area contributed by atoms with Crippen LogP contribution in [0.4, 0.5) is 26.3 Å². The van der Waals surface area contributed by atoms with Crippen LogP contribution in [-0.2, 0) is 31.9 Å². The Morgan fingerprint density at radius 1 is 0.676 bits per heavy atom. The van der Waals surface area contributed by atoms with Crippen molar-refractivity contribution in [1.29, 1.82) is 0 Å². The highest BCUT2D eigenvalue weighted by atomic mass is 19.2. The van der Waals surface area contributed by atoms with E-state index in [1.54, 1.807) is 0 Å². The molecule has 0 aromatic heterocycles. The van der Waals surface area contributed by atoms with Gasteiger partial charge in [-0.1, -0.05) is 0 Å². The third-order valence-electron chi connectivity index (χ3n) is 4.60. The second kappa shape index (κ2) is 11.8. The number of benzene rings is 2. The molecule has 186 valence electrons. The molecule has 0 radical (unpaired) electrons. The molecule has 0 saturated heterocycles. The standard InChI is InChI=1S/C22H22F6N2O4/c1-10(33-21(31)6-13(29)2-11-4-17(25)19(27)8-15(11)23)34-22(32)7-14(30)3-12-5-18(26)20(28)9-16(12)24/h4-5,8-10,13-14H,2-3,6-7,29-30H2,1H3/t13-,14-/m0/s1. The zero-order chi connectivity index (χ0) is 25.6. The van der Waals surface area contributed by atoms with E-state index in [1.165, 1.54) is 6.92 Å². The topological polar surface area (TPSA) is 105 Å². The Labute approximate surface area is 190 Å². The van der Waals surface area contributed by atoms with Crippen molar-refractivity contribution in [2.75, 3.05) is 0 Å². The minimum absolute atomic E-state index is 0.231. The van der Waals surface area contributed by atoms with Crippen molar-refractivity contribution in [3.05, 3.63) is 70.3 Å². The fourth-order valence-corrected chi connectivity index (χ4v) is 3.07. The quantitative estimate of drug-likeness (QED) is 0.229. The predicted molar refractivity (Wildman–Crippen MR) is 107 cm³/mol. The molecular formula is C22H22F6N2O4. The number of hydrogen-bond acceptors (Lipinski definition) is 6. The normalized spacial score (nSPS) is 13.0. The maximum Gasteiger partial charge on any atom is 0.310 e. The van der Waals surface area contributed by atoms with Crippen LogP contribution in [0, 0.1) is 34.9 Å². The van der Waals surface area contributed by atoms with E-state index in [-0.39, 0.29) is 24.0 Å². The molecule has 0 aliphatic heterocycles. The maximum absolute atomic E-state index is 13.7. The fourth-order valence-electron chi connectivity index (χ4n) is 3.07. The highest BCUT2D eigenvalue weighted by Gasteiger charge is 2.21. The molecule has 0 heterocycles. The second-order valence-electron chi connectivity index (χ2n) is 7.60. The van der Waals surface area contributed by atoms with Gasteiger partial charge in [0.1, 0.15) is 11.6 Å². The van der Waals surface area contributed by atoms with Gasteiger partial charge in [-0.15, -0.1) is 0 Å². The lowest BCUT2D eigenvalue weighted by molar-refractivity contribution is -0.184. The van der Waals surface area contributed by atoms with E-state index in [2.05, 4.69) is 0 Å². The van der Waals surface area contributed by atoms with Crippen molar-refractivity contribution < 1.29 is 45.4 Å². The molecule has 0 aliphatic rings. The maximum atomic E-state index is 13.7. The van der Waals surface area contributed by atoms with Crippen LogP contribution in [-0.4, -0.2) is 30.3 Å². The molecule has 0 saturated carbocycles. The number of halogens is 6. The van der Waals surface area contributed by atoms with E-state index >= 15 is 0 Å². The van der Waals surface area contributed by atoms with Crippen molar-refractivity contribution in [2.45, 2.75) is 51.0 Å². The molecule has 12 heteroatoms. The number of hydrogen-bond donors (Lipinski definition) is 2. The molecule has 4 N–H and O–H groups in total. The van der Waals surface area contributed by atoms with Crippen LogP contribution in [0.15, 0.2) is 24.3 Å². The molecule has 34 heavy (non-hydrogen) atoms. The number of rotatable bonds is 10. The van der Waals surface area contributed by atoms with E-state index in [4.69, 9.17) is 20.9 Å². The highest BCUT2D eigenvalue weighted by molar-refractivity contribution is 5.72. The summed E-state index contributed by atoms with van der Waals surface area (Å²) in [5, 5.41) is 0. The summed E-state index contributed by atoms with van der Waals surface area (Å²) < 4.78 is 89.6. The molecule has 0 aliphatic carbocycles. The van der Waals surface area contributed by atoms with Gasteiger partial charge in [0.05, 0.1) is 12.8 Å². The van der Waals surface area contributed by atoms with Crippen molar-refractivity contribution in [2.24, 2.45) is 11.5 Å². The van der Waals surface area contributed by atoms with Gasteiger partial charge in [-0.25, -0.2) is 26.3 Å². The van der Waals surface area contributed by atoms with Crippen molar-refractivity contribution in [3.8, 4) is 0 Å². The molecule has 2 atom stereocenters. The largest absolute Gasteiger partial charge is 0.425 e. The number of carbonyl (C=O) groups excluding carboxylic acids is 2. The average Bonchev–Trinajstić information content (AvgIpc) is 2.69. The van der Waals surface area contributed by atoms with Gasteiger partial charge >= 0.3 is 11.9 Å². The summed E-state index contributed by atoms with van der Waals surface area (Å²) in [7, 11) is 0. The third kappa shape index (κ3) is 8.03. The highest BCUT2D eigenvalue weighted by Crippen LogP contribution is 2.17. The molecule has 0 bridgehead atoms. The lowest BCUT2D eigenvalue weighted by atomic mass is 10.0. The summed E-state index contributed by atoms with van der Waals surface area (Å²) in [6.07, 6.45) is -2.84. The Morgan fingerprint density at radius 2 is 1.00 bits per heavy atom. The SMILES string of the molecule is CC(OC(=O)C[C@@H](N)Cc1cc(F)c(F)cc1F)OC(=O)C[C@@H](N)Cc1cc(F)c(F)cc1F. The third-order valence-corrected chi connectivity index (χ3v) is 4.60.